The number of rotatable bonds is 8. The van der Waals surface area contributed by atoms with Crippen LogP contribution in [0, 0.1) is 10.1 Å². The van der Waals surface area contributed by atoms with E-state index in [1.807, 2.05) is 20.9 Å². The molecule has 0 saturated carbocycles. The van der Waals surface area contributed by atoms with E-state index in [1.165, 1.54) is 0 Å². The van der Waals surface area contributed by atoms with Crippen LogP contribution in [0.25, 0.3) is 0 Å². The number of allylic oxidation sites excluding steroid dienone is 3. The summed E-state index contributed by atoms with van der Waals surface area (Å²) in [7, 11) is 1.83. The summed E-state index contributed by atoms with van der Waals surface area (Å²) >= 11 is 0. The topological polar surface area (TPSA) is 67.2 Å². The van der Waals surface area contributed by atoms with Gasteiger partial charge in [0.2, 0.25) is 0 Å². The van der Waals surface area contributed by atoms with E-state index in [4.69, 9.17) is 0 Å². The Labute approximate surface area is 102 Å². The predicted octanol–water partition coefficient (Wildman–Crippen LogP) is 1.83. The lowest BCUT2D eigenvalue weighted by molar-refractivity contribution is -0.421. The number of likely N-dealkylation sites (N-methyl/N-ethyl adjacent to an activating group) is 1. The molecule has 96 valence electrons. The zero-order valence-corrected chi connectivity index (χ0v) is 10.7. The van der Waals surface area contributed by atoms with Gasteiger partial charge in [-0.1, -0.05) is 19.1 Å². The van der Waals surface area contributed by atoms with Gasteiger partial charge in [-0.25, -0.2) is 0 Å². The lowest BCUT2D eigenvalue weighted by atomic mass is 10.2. The minimum absolute atomic E-state index is 0.103. The molecular formula is C12H21N3O2. The van der Waals surface area contributed by atoms with Crippen molar-refractivity contribution < 1.29 is 4.92 Å². The highest BCUT2D eigenvalue weighted by Gasteiger charge is 2.15. The van der Waals surface area contributed by atoms with Crippen LogP contribution >= 0.6 is 0 Å². The predicted molar refractivity (Wildman–Crippen MR) is 70.2 cm³/mol. The molecule has 0 aliphatic carbocycles. The largest absolute Gasteiger partial charge is 0.378 e. The quantitative estimate of drug-likeness (QED) is 0.293. The van der Waals surface area contributed by atoms with E-state index in [1.54, 1.807) is 12.2 Å². The minimum atomic E-state index is -0.370. The zero-order chi connectivity index (χ0) is 13.3. The smallest absolute Gasteiger partial charge is 0.288 e. The Kier molecular flexibility index (Phi) is 7.71. The van der Waals surface area contributed by atoms with E-state index >= 15 is 0 Å². The molecule has 0 fully saturated rings. The van der Waals surface area contributed by atoms with Crippen molar-refractivity contribution in [3.8, 4) is 0 Å². The highest BCUT2D eigenvalue weighted by atomic mass is 16.6. The maximum atomic E-state index is 11.0. The molecule has 0 bridgehead atoms. The molecule has 0 aromatic carbocycles. The third kappa shape index (κ3) is 6.52. The van der Waals surface area contributed by atoms with Crippen LogP contribution in [0.3, 0.4) is 0 Å². The molecule has 0 aliphatic heterocycles. The standard InChI is InChI=1S/C12H21N3O2/c1-5-6-12(15(16)17)11(9-10(2)3)14-8-7-13-4/h6,9,13-14H,2,5,7-8H2,1,3-4H3/b11-9+,12-6+. The molecule has 2 N–H and O–H groups in total. The van der Waals surface area contributed by atoms with Crippen molar-refractivity contribution >= 4 is 0 Å². The van der Waals surface area contributed by atoms with Gasteiger partial charge < -0.3 is 10.6 Å². The molecule has 0 radical (unpaired) electrons. The maximum Gasteiger partial charge on any atom is 0.288 e. The highest BCUT2D eigenvalue weighted by molar-refractivity contribution is 5.30. The summed E-state index contributed by atoms with van der Waals surface area (Å²) in [6.07, 6.45) is 3.92. The zero-order valence-electron chi connectivity index (χ0n) is 10.7. The molecule has 5 nitrogen and oxygen atoms in total. The van der Waals surface area contributed by atoms with Crippen LogP contribution in [-0.4, -0.2) is 25.1 Å². The van der Waals surface area contributed by atoms with Crippen LogP contribution in [-0.2, 0) is 0 Å². The minimum Gasteiger partial charge on any atom is -0.378 e. The van der Waals surface area contributed by atoms with Crippen molar-refractivity contribution in [2.24, 2.45) is 0 Å². The highest BCUT2D eigenvalue weighted by Crippen LogP contribution is 2.11. The first kappa shape index (κ1) is 15.4. The maximum absolute atomic E-state index is 11.0. The van der Waals surface area contributed by atoms with Crippen molar-refractivity contribution in [2.45, 2.75) is 20.3 Å². The lowest BCUT2D eigenvalue weighted by Crippen LogP contribution is -2.26. The van der Waals surface area contributed by atoms with Gasteiger partial charge in [-0.3, -0.25) is 10.1 Å². The lowest BCUT2D eigenvalue weighted by Gasteiger charge is -2.09. The number of nitrogens with one attached hydrogen (secondary N) is 2. The molecule has 5 heteroatoms. The average Bonchev–Trinajstić information content (AvgIpc) is 2.24. The van der Waals surface area contributed by atoms with Gasteiger partial charge in [-0.05, 0) is 32.5 Å². The first-order valence-corrected chi connectivity index (χ1v) is 5.63. The molecule has 0 amide bonds. The Hall–Kier alpha value is -1.62. The van der Waals surface area contributed by atoms with Gasteiger partial charge >= 0.3 is 0 Å². The van der Waals surface area contributed by atoms with Gasteiger partial charge in [0.25, 0.3) is 5.70 Å². The molecule has 0 rings (SSSR count). The fourth-order valence-electron chi connectivity index (χ4n) is 1.26. The van der Waals surface area contributed by atoms with Gasteiger partial charge in [-0.2, -0.15) is 0 Å². The summed E-state index contributed by atoms with van der Waals surface area (Å²) in [6, 6.07) is 0. The molecule has 0 heterocycles. The molecule has 0 atom stereocenters. The van der Waals surface area contributed by atoms with Crippen LogP contribution in [0.2, 0.25) is 0 Å². The Bertz CT molecular complexity index is 333. The second-order valence-corrected chi connectivity index (χ2v) is 3.69. The van der Waals surface area contributed by atoms with Gasteiger partial charge in [0.15, 0.2) is 0 Å². The third-order valence-corrected chi connectivity index (χ3v) is 1.95. The van der Waals surface area contributed by atoms with Crippen molar-refractivity contribution in [2.75, 3.05) is 20.1 Å². The second kappa shape index (κ2) is 8.52. The Morgan fingerprint density at radius 2 is 2.12 bits per heavy atom. The van der Waals surface area contributed by atoms with Crippen LogP contribution in [0.4, 0.5) is 0 Å². The monoisotopic (exact) mass is 239 g/mol. The van der Waals surface area contributed by atoms with E-state index < -0.39 is 0 Å². The van der Waals surface area contributed by atoms with Gasteiger partial charge in [0.1, 0.15) is 5.70 Å². The van der Waals surface area contributed by atoms with Crippen LogP contribution in [0.1, 0.15) is 20.3 Å². The van der Waals surface area contributed by atoms with E-state index in [0.29, 0.717) is 18.7 Å². The second-order valence-electron chi connectivity index (χ2n) is 3.69. The van der Waals surface area contributed by atoms with E-state index in [-0.39, 0.29) is 10.6 Å². The Morgan fingerprint density at radius 1 is 1.47 bits per heavy atom. The molecule has 0 saturated heterocycles. The van der Waals surface area contributed by atoms with E-state index in [0.717, 1.165) is 12.1 Å². The number of hydrogen-bond acceptors (Lipinski definition) is 4. The number of nitro groups is 1. The number of nitrogens with zero attached hydrogens (tertiary/aromatic N) is 1. The molecule has 0 unspecified atom stereocenters. The molecule has 0 aliphatic rings. The average molecular weight is 239 g/mol. The SMILES string of the molecule is C=C(C)/C=C(NCCNC)\C(=C/CC)[N+](=O)[O-]. The summed E-state index contributed by atoms with van der Waals surface area (Å²) < 4.78 is 0. The van der Waals surface area contributed by atoms with Crippen LogP contribution in [0.5, 0.6) is 0 Å². The molecule has 0 aromatic heterocycles. The normalized spacial score (nSPS) is 12.4. The first-order valence-electron chi connectivity index (χ1n) is 5.63. The van der Waals surface area contributed by atoms with Gasteiger partial charge in [0.05, 0.1) is 4.92 Å². The third-order valence-electron chi connectivity index (χ3n) is 1.95. The van der Waals surface area contributed by atoms with Crippen molar-refractivity contribution in [3.05, 3.63) is 45.8 Å². The Balaban J connectivity index is 4.94. The van der Waals surface area contributed by atoms with Crippen molar-refractivity contribution in [1.82, 2.24) is 10.6 Å². The molecule has 0 spiro atoms. The summed E-state index contributed by atoms with van der Waals surface area (Å²) in [5, 5.41) is 17.0. The summed E-state index contributed by atoms with van der Waals surface area (Å²) in [4.78, 5) is 10.6. The summed E-state index contributed by atoms with van der Waals surface area (Å²) in [5.41, 5.74) is 1.40. The Morgan fingerprint density at radius 3 is 2.53 bits per heavy atom. The first-order chi connectivity index (χ1) is 8.02. The van der Waals surface area contributed by atoms with Gasteiger partial charge in [0, 0.05) is 13.1 Å². The van der Waals surface area contributed by atoms with E-state index in [9.17, 15) is 10.1 Å². The van der Waals surface area contributed by atoms with Gasteiger partial charge in [-0.15, -0.1) is 0 Å². The fraction of sp³-hybridized carbons (Fsp3) is 0.500. The molecule has 0 aromatic rings. The van der Waals surface area contributed by atoms with Crippen LogP contribution in [0.15, 0.2) is 35.7 Å². The summed E-state index contributed by atoms with van der Waals surface area (Å²) in [6.45, 7) is 8.79. The fourth-order valence-corrected chi connectivity index (χ4v) is 1.26. The van der Waals surface area contributed by atoms with E-state index in [2.05, 4.69) is 17.2 Å². The van der Waals surface area contributed by atoms with Crippen molar-refractivity contribution in [1.29, 1.82) is 0 Å². The van der Waals surface area contributed by atoms with Crippen LogP contribution < -0.4 is 10.6 Å². The number of hydrogen-bond donors (Lipinski definition) is 2. The summed E-state index contributed by atoms with van der Waals surface area (Å²) in [5.74, 6) is 0. The molecule has 17 heavy (non-hydrogen) atoms. The molecular weight excluding hydrogens is 218 g/mol. The van der Waals surface area contributed by atoms with Crippen molar-refractivity contribution in [3.63, 3.8) is 0 Å².